The Balaban J connectivity index is 2.03. The van der Waals surface area contributed by atoms with Gasteiger partial charge in [-0.15, -0.1) is 0 Å². The standard InChI is InChI=1S/C13H28N2O/c1-12-4-6-13(7-5-12)15(2)10-8-14-9-11-16-3/h12-14H,4-11H2,1-3H3. The molecule has 1 fully saturated rings. The highest BCUT2D eigenvalue weighted by atomic mass is 16.5. The molecule has 0 aromatic carbocycles. The van der Waals surface area contributed by atoms with Crippen LogP contribution in [0.4, 0.5) is 0 Å². The summed E-state index contributed by atoms with van der Waals surface area (Å²) in [6.07, 6.45) is 5.59. The highest BCUT2D eigenvalue weighted by Crippen LogP contribution is 2.26. The van der Waals surface area contributed by atoms with E-state index >= 15 is 0 Å². The van der Waals surface area contributed by atoms with Gasteiger partial charge in [0.15, 0.2) is 0 Å². The van der Waals surface area contributed by atoms with Gasteiger partial charge in [0.1, 0.15) is 0 Å². The van der Waals surface area contributed by atoms with Gasteiger partial charge >= 0.3 is 0 Å². The quantitative estimate of drug-likeness (QED) is 0.672. The molecule has 16 heavy (non-hydrogen) atoms. The summed E-state index contributed by atoms with van der Waals surface area (Å²) in [5, 5.41) is 3.40. The molecule has 1 saturated carbocycles. The Bertz CT molecular complexity index is 167. The number of methoxy groups -OCH3 is 1. The molecule has 1 aliphatic rings. The highest BCUT2D eigenvalue weighted by molar-refractivity contribution is 4.76. The van der Waals surface area contributed by atoms with E-state index in [0.29, 0.717) is 0 Å². The van der Waals surface area contributed by atoms with Gasteiger partial charge in [0, 0.05) is 32.8 Å². The zero-order valence-electron chi connectivity index (χ0n) is 11.2. The first kappa shape index (κ1) is 13.9. The zero-order valence-corrected chi connectivity index (χ0v) is 11.2. The maximum absolute atomic E-state index is 5.00. The van der Waals surface area contributed by atoms with E-state index in [4.69, 9.17) is 4.74 Å². The molecule has 0 spiro atoms. The normalized spacial score (nSPS) is 26.2. The second-order valence-electron chi connectivity index (χ2n) is 5.14. The lowest BCUT2D eigenvalue weighted by atomic mass is 9.87. The third-order valence-electron chi connectivity index (χ3n) is 3.73. The van der Waals surface area contributed by atoms with Crippen LogP contribution in [0.5, 0.6) is 0 Å². The summed E-state index contributed by atoms with van der Waals surface area (Å²) in [5.41, 5.74) is 0. The van der Waals surface area contributed by atoms with Crippen LogP contribution < -0.4 is 5.32 Å². The van der Waals surface area contributed by atoms with Crippen LogP contribution in [-0.2, 0) is 4.74 Å². The minimum Gasteiger partial charge on any atom is -0.383 e. The van der Waals surface area contributed by atoms with Crippen molar-refractivity contribution in [3.05, 3.63) is 0 Å². The fourth-order valence-corrected chi connectivity index (χ4v) is 2.42. The molecule has 0 atom stereocenters. The van der Waals surface area contributed by atoms with Crippen LogP contribution in [0.2, 0.25) is 0 Å². The molecule has 0 heterocycles. The molecule has 0 amide bonds. The van der Waals surface area contributed by atoms with E-state index in [2.05, 4.69) is 24.2 Å². The average molecular weight is 228 g/mol. The molecule has 0 aliphatic heterocycles. The van der Waals surface area contributed by atoms with Crippen LogP contribution in [0, 0.1) is 5.92 Å². The maximum atomic E-state index is 5.00. The van der Waals surface area contributed by atoms with Crippen molar-refractivity contribution in [1.82, 2.24) is 10.2 Å². The summed E-state index contributed by atoms with van der Waals surface area (Å²) in [5.74, 6) is 0.949. The average Bonchev–Trinajstić information content (AvgIpc) is 2.29. The molecule has 96 valence electrons. The number of hydrogen-bond acceptors (Lipinski definition) is 3. The summed E-state index contributed by atoms with van der Waals surface area (Å²) in [7, 11) is 4.01. The minimum absolute atomic E-state index is 0.810. The fraction of sp³-hybridized carbons (Fsp3) is 1.00. The van der Waals surface area contributed by atoms with Crippen LogP contribution in [0.25, 0.3) is 0 Å². The summed E-state index contributed by atoms with van der Waals surface area (Å²) in [6.45, 7) is 6.38. The van der Waals surface area contributed by atoms with Gasteiger partial charge < -0.3 is 15.0 Å². The van der Waals surface area contributed by atoms with E-state index in [0.717, 1.165) is 38.2 Å². The van der Waals surface area contributed by atoms with Crippen molar-refractivity contribution in [2.75, 3.05) is 40.4 Å². The van der Waals surface area contributed by atoms with Crippen LogP contribution in [0.15, 0.2) is 0 Å². The molecule has 0 unspecified atom stereocenters. The Hall–Kier alpha value is -0.120. The second-order valence-corrected chi connectivity index (χ2v) is 5.14. The van der Waals surface area contributed by atoms with E-state index in [1.54, 1.807) is 7.11 Å². The van der Waals surface area contributed by atoms with Gasteiger partial charge in [0.25, 0.3) is 0 Å². The van der Waals surface area contributed by atoms with E-state index in [9.17, 15) is 0 Å². The summed E-state index contributed by atoms with van der Waals surface area (Å²) in [6, 6.07) is 0.820. The third-order valence-corrected chi connectivity index (χ3v) is 3.73. The number of ether oxygens (including phenoxy) is 1. The zero-order chi connectivity index (χ0) is 11.8. The molecule has 0 saturated heterocycles. The summed E-state index contributed by atoms with van der Waals surface area (Å²) >= 11 is 0. The van der Waals surface area contributed by atoms with Gasteiger partial charge in [-0.1, -0.05) is 6.92 Å². The van der Waals surface area contributed by atoms with Crippen LogP contribution in [-0.4, -0.2) is 51.3 Å². The SMILES string of the molecule is COCCNCCN(C)C1CCC(C)CC1. The smallest absolute Gasteiger partial charge is 0.0587 e. The van der Waals surface area contributed by atoms with Crippen molar-refractivity contribution in [3.63, 3.8) is 0 Å². The first-order chi connectivity index (χ1) is 7.74. The van der Waals surface area contributed by atoms with Crippen molar-refractivity contribution in [2.24, 2.45) is 5.92 Å². The van der Waals surface area contributed by atoms with Crippen LogP contribution in [0.1, 0.15) is 32.6 Å². The van der Waals surface area contributed by atoms with Crippen molar-refractivity contribution < 1.29 is 4.74 Å². The van der Waals surface area contributed by atoms with Crippen molar-refractivity contribution in [1.29, 1.82) is 0 Å². The van der Waals surface area contributed by atoms with Crippen molar-refractivity contribution in [3.8, 4) is 0 Å². The third kappa shape index (κ3) is 5.28. The first-order valence-corrected chi connectivity index (χ1v) is 6.64. The predicted molar refractivity (Wildman–Crippen MR) is 68.8 cm³/mol. The van der Waals surface area contributed by atoms with Gasteiger partial charge in [-0.3, -0.25) is 0 Å². The van der Waals surface area contributed by atoms with Crippen LogP contribution in [0.3, 0.4) is 0 Å². The highest BCUT2D eigenvalue weighted by Gasteiger charge is 2.20. The lowest BCUT2D eigenvalue weighted by Gasteiger charge is -2.33. The maximum Gasteiger partial charge on any atom is 0.0587 e. The van der Waals surface area contributed by atoms with E-state index < -0.39 is 0 Å². The Morgan fingerprint density at radius 2 is 1.88 bits per heavy atom. The van der Waals surface area contributed by atoms with E-state index in [1.165, 1.54) is 25.7 Å². The van der Waals surface area contributed by atoms with Gasteiger partial charge in [-0.25, -0.2) is 0 Å². The van der Waals surface area contributed by atoms with E-state index in [1.807, 2.05) is 0 Å². The molecule has 1 rings (SSSR count). The Morgan fingerprint density at radius 1 is 1.19 bits per heavy atom. The predicted octanol–water partition coefficient (Wildman–Crippen LogP) is 1.73. The molecule has 1 N–H and O–H groups in total. The summed E-state index contributed by atoms with van der Waals surface area (Å²) < 4.78 is 5.00. The number of likely N-dealkylation sites (N-methyl/N-ethyl adjacent to an activating group) is 1. The molecule has 3 heteroatoms. The van der Waals surface area contributed by atoms with Crippen molar-refractivity contribution >= 4 is 0 Å². The largest absolute Gasteiger partial charge is 0.383 e. The van der Waals surface area contributed by atoms with Gasteiger partial charge in [-0.2, -0.15) is 0 Å². The number of rotatable bonds is 7. The molecule has 0 aromatic rings. The second kappa shape index (κ2) is 8.04. The van der Waals surface area contributed by atoms with E-state index in [-0.39, 0.29) is 0 Å². The Kier molecular flexibility index (Phi) is 7.01. The Morgan fingerprint density at radius 3 is 2.50 bits per heavy atom. The molecular formula is C13H28N2O. The number of nitrogens with one attached hydrogen (secondary N) is 1. The molecule has 0 aromatic heterocycles. The molecular weight excluding hydrogens is 200 g/mol. The van der Waals surface area contributed by atoms with Gasteiger partial charge in [0.05, 0.1) is 6.61 Å². The lowest BCUT2D eigenvalue weighted by molar-refractivity contribution is 0.166. The van der Waals surface area contributed by atoms with Gasteiger partial charge in [-0.05, 0) is 38.6 Å². The molecule has 0 bridgehead atoms. The molecule has 0 radical (unpaired) electrons. The van der Waals surface area contributed by atoms with Crippen LogP contribution >= 0.6 is 0 Å². The molecule has 3 nitrogen and oxygen atoms in total. The summed E-state index contributed by atoms with van der Waals surface area (Å²) in [4.78, 5) is 2.52. The van der Waals surface area contributed by atoms with Crippen molar-refractivity contribution in [2.45, 2.75) is 38.6 Å². The van der Waals surface area contributed by atoms with Gasteiger partial charge in [0.2, 0.25) is 0 Å². The minimum atomic E-state index is 0.810. The first-order valence-electron chi connectivity index (χ1n) is 6.64. The molecule has 1 aliphatic carbocycles. The number of nitrogens with zero attached hydrogens (tertiary/aromatic N) is 1. The monoisotopic (exact) mass is 228 g/mol. The topological polar surface area (TPSA) is 24.5 Å². The lowest BCUT2D eigenvalue weighted by Crippen LogP contribution is -2.39. The fourth-order valence-electron chi connectivity index (χ4n) is 2.42. The number of hydrogen-bond donors (Lipinski definition) is 1. The Labute approximate surface area is 101 Å².